The fourth-order valence-corrected chi connectivity index (χ4v) is 4.85. The molecule has 3 aliphatic rings. The second-order valence-electron chi connectivity index (χ2n) is 7.63. The predicted octanol–water partition coefficient (Wildman–Crippen LogP) is 3.17. The lowest BCUT2D eigenvalue weighted by Gasteiger charge is -2.44. The summed E-state index contributed by atoms with van der Waals surface area (Å²) in [6.07, 6.45) is 6.32. The van der Waals surface area contributed by atoms with Crippen LogP contribution in [0.15, 0.2) is 17.5 Å². The van der Waals surface area contributed by atoms with Crippen molar-refractivity contribution in [2.45, 2.75) is 68.4 Å². The molecule has 2 heterocycles. The number of aliphatic hydroxyl groups excluding tert-OH is 1. The van der Waals surface area contributed by atoms with Gasteiger partial charge in [0.05, 0.1) is 11.5 Å². The van der Waals surface area contributed by atoms with E-state index in [0.717, 1.165) is 18.7 Å². The number of hydrogen-bond donors (Lipinski definition) is 1. The van der Waals surface area contributed by atoms with Crippen molar-refractivity contribution < 1.29 is 5.11 Å². The molecule has 5 rings (SSSR count). The van der Waals surface area contributed by atoms with Crippen molar-refractivity contribution in [2.75, 3.05) is 0 Å². The molecular formula is C17H21N3OS. The van der Waals surface area contributed by atoms with Crippen molar-refractivity contribution in [3.05, 3.63) is 34.0 Å². The smallest absolute Gasteiger partial charge is 0.145 e. The van der Waals surface area contributed by atoms with Crippen LogP contribution in [0.2, 0.25) is 0 Å². The van der Waals surface area contributed by atoms with Crippen LogP contribution in [0.5, 0.6) is 0 Å². The van der Waals surface area contributed by atoms with E-state index in [1.807, 2.05) is 0 Å². The molecule has 2 aromatic heterocycles. The molecule has 0 atom stereocenters. The largest absolute Gasteiger partial charge is 0.393 e. The van der Waals surface area contributed by atoms with Crippen molar-refractivity contribution >= 4 is 11.3 Å². The summed E-state index contributed by atoms with van der Waals surface area (Å²) in [5, 5.41) is 21.4. The van der Waals surface area contributed by atoms with Gasteiger partial charge in [0.25, 0.3) is 0 Å². The maximum atomic E-state index is 10.0. The van der Waals surface area contributed by atoms with Crippen molar-refractivity contribution in [3.8, 4) is 0 Å². The van der Waals surface area contributed by atoms with Crippen LogP contribution in [0, 0.1) is 0 Å². The van der Waals surface area contributed by atoms with Crippen LogP contribution in [-0.2, 0) is 10.8 Å². The van der Waals surface area contributed by atoms with E-state index >= 15 is 0 Å². The maximum absolute atomic E-state index is 10.0. The summed E-state index contributed by atoms with van der Waals surface area (Å²) in [5.74, 6) is 2.31. The molecule has 4 nitrogen and oxygen atoms in total. The molecule has 0 spiro atoms. The Morgan fingerprint density at radius 1 is 1.23 bits per heavy atom. The summed E-state index contributed by atoms with van der Waals surface area (Å²) in [5.41, 5.74) is 0.138. The molecule has 0 aromatic carbocycles. The Bertz CT molecular complexity index is 706. The van der Waals surface area contributed by atoms with Crippen LogP contribution in [0.25, 0.3) is 0 Å². The first kappa shape index (κ1) is 13.3. The molecule has 3 saturated carbocycles. The Balaban J connectivity index is 1.66. The van der Waals surface area contributed by atoms with E-state index in [9.17, 15) is 5.11 Å². The quantitative estimate of drug-likeness (QED) is 0.943. The van der Waals surface area contributed by atoms with E-state index in [1.165, 1.54) is 36.4 Å². The first-order valence-electron chi connectivity index (χ1n) is 8.30. The Labute approximate surface area is 134 Å². The highest BCUT2D eigenvalue weighted by Gasteiger charge is 2.54. The van der Waals surface area contributed by atoms with E-state index in [2.05, 4.69) is 39.2 Å². The molecule has 3 fully saturated rings. The first-order valence-corrected chi connectivity index (χ1v) is 9.18. The first-order chi connectivity index (χ1) is 10.6. The van der Waals surface area contributed by atoms with Crippen molar-refractivity contribution in [1.82, 2.24) is 14.8 Å². The van der Waals surface area contributed by atoms with E-state index < -0.39 is 0 Å². The van der Waals surface area contributed by atoms with Gasteiger partial charge in [0, 0.05) is 16.3 Å². The fourth-order valence-electron chi connectivity index (χ4n) is 3.91. The molecule has 0 aliphatic heterocycles. The lowest BCUT2D eigenvalue weighted by molar-refractivity contribution is 0.0334. The maximum Gasteiger partial charge on any atom is 0.145 e. The molecule has 0 amide bonds. The van der Waals surface area contributed by atoms with Gasteiger partial charge in [-0.2, -0.15) is 0 Å². The van der Waals surface area contributed by atoms with E-state index in [0.29, 0.717) is 6.04 Å². The average molecular weight is 315 g/mol. The number of aliphatic hydroxyl groups is 1. The molecule has 3 aliphatic carbocycles. The Morgan fingerprint density at radius 3 is 2.50 bits per heavy atom. The van der Waals surface area contributed by atoms with Gasteiger partial charge in [0.2, 0.25) is 0 Å². The number of hydrogen-bond acceptors (Lipinski definition) is 4. The standard InChI is InChI=1S/C17H21N3OS/c1-16(6-7-16)14-18-19-15(20(14)11-4-5-11)17(9-12(21)10-17)13-3-2-8-22-13/h2-3,8,11-12,21H,4-7,9-10H2,1H3. The monoisotopic (exact) mass is 315 g/mol. The number of rotatable bonds is 4. The summed E-state index contributed by atoms with van der Waals surface area (Å²) < 4.78 is 2.46. The molecule has 116 valence electrons. The summed E-state index contributed by atoms with van der Waals surface area (Å²) in [4.78, 5) is 1.33. The molecule has 0 saturated heterocycles. The third-order valence-electron chi connectivity index (χ3n) is 5.74. The van der Waals surface area contributed by atoms with Crippen LogP contribution in [-0.4, -0.2) is 26.0 Å². The van der Waals surface area contributed by atoms with E-state index in [1.54, 1.807) is 11.3 Å². The Morgan fingerprint density at radius 2 is 1.95 bits per heavy atom. The summed E-state index contributed by atoms with van der Waals surface area (Å²) >= 11 is 1.78. The van der Waals surface area contributed by atoms with Gasteiger partial charge in [-0.3, -0.25) is 0 Å². The SMILES string of the molecule is CC1(c2nnc(C3(c4cccs4)CC(O)C3)n2C2CC2)CC1. The Hall–Kier alpha value is -1.20. The van der Waals surface area contributed by atoms with Gasteiger partial charge >= 0.3 is 0 Å². The molecule has 22 heavy (non-hydrogen) atoms. The zero-order valence-electron chi connectivity index (χ0n) is 12.8. The van der Waals surface area contributed by atoms with Crippen LogP contribution in [0.3, 0.4) is 0 Å². The zero-order valence-corrected chi connectivity index (χ0v) is 13.6. The number of aromatic nitrogens is 3. The molecule has 5 heteroatoms. The van der Waals surface area contributed by atoms with Crippen LogP contribution < -0.4 is 0 Å². The molecule has 0 bridgehead atoms. The van der Waals surface area contributed by atoms with Crippen LogP contribution >= 0.6 is 11.3 Å². The summed E-state index contributed by atoms with van der Waals surface area (Å²) in [6.45, 7) is 2.31. The highest BCUT2D eigenvalue weighted by molar-refractivity contribution is 7.10. The van der Waals surface area contributed by atoms with E-state index in [4.69, 9.17) is 0 Å². The third kappa shape index (κ3) is 1.72. The van der Waals surface area contributed by atoms with Crippen molar-refractivity contribution in [3.63, 3.8) is 0 Å². The number of nitrogens with zero attached hydrogens (tertiary/aromatic N) is 3. The minimum Gasteiger partial charge on any atom is -0.393 e. The van der Waals surface area contributed by atoms with Gasteiger partial charge in [-0.25, -0.2) is 0 Å². The van der Waals surface area contributed by atoms with Gasteiger partial charge in [0.1, 0.15) is 11.6 Å². The van der Waals surface area contributed by atoms with Crippen LogP contribution in [0.4, 0.5) is 0 Å². The second kappa shape index (κ2) is 4.20. The van der Waals surface area contributed by atoms with Gasteiger partial charge in [-0.1, -0.05) is 13.0 Å². The zero-order chi connectivity index (χ0) is 14.9. The third-order valence-corrected chi connectivity index (χ3v) is 6.81. The van der Waals surface area contributed by atoms with Crippen molar-refractivity contribution in [2.24, 2.45) is 0 Å². The van der Waals surface area contributed by atoms with Gasteiger partial charge in [-0.15, -0.1) is 21.5 Å². The minimum atomic E-state index is -0.202. The predicted molar refractivity (Wildman–Crippen MR) is 85.2 cm³/mol. The lowest BCUT2D eigenvalue weighted by Crippen LogP contribution is -2.47. The normalized spacial score (nSPS) is 32.7. The molecule has 0 unspecified atom stereocenters. The second-order valence-corrected chi connectivity index (χ2v) is 8.58. The molecular weight excluding hydrogens is 294 g/mol. The molecule has 1 N–H and O–H groups in total. The fraction of sp³-hybridized carbons (Fsp3) is 0.647. The van der Waals surface area contributed by atoms with Gasteiger partial charge in [0.15, 0.2) is 0 Å². The Kier molecular flexibility index (Phi) is 2.53. The topological polar surface area (TPSA) is 50.9 Å². The summed E-state index contributed by atoms with van der Waals surface area (Å²) in [7, 11) is 0. The lowest BCUT2D eigenvalue weighted by atomic mass is 9.65. The number of thiophene rings is 1. The van der Waals surface area contributed by atoms with Gasteiger partial charge < -0.3 is 9.67 Å². The van der Waals surface area contributed by atoms with E-state index in [-0.39, 0.29) is 16.9 Å². The molecule has 0 radical (unpaired) electrons. The summed E-state index contributed by atoms with van der Waals surface area (Å²) in [6, 6.07) is 4.89. The highest BCUT2D eigenvalue weighted by Crippen LogP contribution is 2.55. The highest BCUT2D eigenvalue weighted by atomic mass is 32.1. The van der Waals surface area contributed by atoms with Crippen molar-refractivity contribution in [1.29, 1.82) is 0 Å². The molecule has 2 aromatic rings. The van der Waals surface area contributed by atoms with Gasteiger partial charge in [-0.05, 0) is 50.0 Å². The minimum absolute atomic E-state index is 0.104. The van der Waals surface area contributed by atoms with Crippen LogP contribution in [0.1, 0.15) is 68.0 Å². The average Bonchev–Trinajstić information content (AvgIpc) is 3.33.